The van der Waals surface area contributed by atoms with E-state index in [9.17, 15) is 10.2 Å². The largest absolute Gasteiger partial charge is 0.507 e. The molecule has 0 amide bonds. The van der Waals surface area contributed by atoms with Gasteiger partial charge in [0.2, 0.25) is 5.95 Å². The number of nitrogens with two attached hydrogens (primary N) is 1. The van der Waals surface area contributed by atoms with Crippen LogP contribution in [0.5, 0.6) is 17.2 Å². The second kappa shape index (κ2) is 4.28. The molecule has 7 heteroatoms. The van der Waals surface area contributed by atoms with Crippen LogP contribution in [0.15, 0.2) is 23.4 Å². The second-order valence-electron chi connectivity index (χ2n) is 3.73. The molecular weight excluding hydrogens is 236 g/mol. The summed E-state index contributed by atoms with van der Waals surface area (Å²) < 4.78 is 1.33. The normalized spacial score (nSPS) is 11.2. The van der Waals surface area contributed by atoms with Gasteiger partial charge in [0.25, 0.3) is 0 Å². The van der Waals surface area contributed by atoms with Crippen LogP contribution in [0.3, 0.4) is 0 Å². The Morgan fingerprint density at radius 3 is 2.50 bits per heavy atom. The minimum absolute atomic E-state index is 0.204. The first-order valence-electron chi connectivity index (χ1n) is 5.08. The summed E-state index contributed by atoms with van der Waals surface area (Å²) in [7, 11) is 0. The van der Waals surface area contributed by atoms with E-state index < -0.39 is 5.75 Å². The summed E-state index contributed by atoms with van der Waals surface area (Å²) in [6, 6.07) is 2.22. The molecule has 1 aromatic heterocycles. The van der Waals surface area contributed by atoms with Crippen LogP contribution < -0.4 is 5.73 Å². The molecule has 1 heterocycles. The third-order valence-electron chi connectivity index (χ3n) is 2.28. The van der Waals surface area contributed by atoms with Crippen LogP contribution in [0.1, 0.15) is 11.3 Å². The summed E-state index contributed by atoms with van der Waals surface area (Å²) in [5.74, 6) is -0.734. The summed E-state index contributed by atoms with van der Waals surface area (Å²) in [5, 5.41) is 32.0. The van der Waals surface area contributed by atoms with Crippen molar-refractivity contribution in [3.8, 4) is 17.2 Å². The SMILES string of the molecule is Cc1cn(N=Cc2cc(O)c(O)cc2O)c(N)n1. The van der Waals surface area contributed by atoms with Crippen molar-refractivity contribution in [3.05, 3.63) is 29.6 Å². The number of phenolic OH excluding ortho intramolecular Hbond substituents is 3. The van der Waals surface area contributed by atoms with Crippen molar-refractivity contribution in [3.63, 3.8) is 0 Å². The van der Waals surface area contributed by atoms with E-state index in [1.807, 2.05) is 0 Å². The number of rotatable bonds is 2. The van der Waals surface area contributed by atoms with Gasteiger partial charge in [0.05, 0.1) is 18.1 Å². The van der Waals surface area contributed by atoms with Crippen molar-refractivity contribution in [1.29, 1.82) is 0 Å². The number of anilines is 1. The standard InChI is InChI=1S/C11H12N4O3/c1-6-5-15(11(12)14-6)13-4-7-2-9(17)10(18)3-8(7)16/h2-5,16-18H,1H3,(H2,12,14). The zero-order chi connectivity index (χ0) is 13.3. The highest BCUT2D eigenvalue weighted by Crippen LogP contribution is 2.31. The zero-order valence-corrected chi connectivity index (χ0v) is 9.57. The van der Waals surface area contributed by atoms with Gasteiger partial charge < -0.3 is 21.1 Å². The average Bonchev–Trinajstić information content (AvgIpc) is 2.61. The van der Waals surface area contributed by atoms with Gasteiger partial charge >= 0.3 is 0 Å². The smallest absolute Gasteiger partial charge is 0.221 e. The fraction of sp³-hybridized carbons (Fsp3) is 0.0909. The summed E-state index contributed by atoms with van der Waals surface area (Å²) in [5.41, 5.74) is 6.54. The van der Waals surface area contributed by atoms with Crippen LogP contribution in [0.25, 0.3) is 0 Å². The molecule has 0 aliphatic heterocycles. The van der Waals surface area contributed by atoms with Crippen LogP contribution >= 0.6 is 0 Å². The number of aromatic nitrogens is 2. The molecular formula is C11H12N4O3. The molecule has 0 aliphatic rings. The van der Waals surface area contributed by atoms with Crippen molar-refractivity contribution in [1.82, 2.24) is 9.66 Å². The average molecular weight is 248 g/mol. The van der Waals surface area contributed by atoms with E-state index in [0.29, 0.717) is 5.69 Å². The highest BCUT2D eigenvalue weighted by Gasteiger charge is 2.06. The van der Waals surface area contributed by atoms with Crippen molar-refractivity contribution in [2.45, 2.75) is 6.92 Å². The molecule has 18 heavy (non-hydrogen) atoms. The molecule has 7 nitrogen and oxygen atoms in total. The van der Waals surface area contributed by atoms with E-state index in [2.05, 4.69) is 10.1 Å². The molecule has 2 rings (SSSR count). The molecule has 5 N–H and O–H groups in total. The number of nitrogens with zero attached hydrogens (tertiary/aromatic N) is 3. The Kier molecular flexibility index (Phi) is 2.80. The van der Waals surface area contributed by atoms with Gasteiger partial charge in [-0.3, -0.25) is 0 Å². The second-order valence-corrected chi connectivity index (χ2v) is 3.73. The molecule has 0 atom stereocenters. The molecule has 0 bridgehead atoms. The van der Waals surface area contributed by atoms with E-state index in [1.165, 1.54) is 17.0 Å². The van der Waals surface area contributed by atoms with Gasteiger partial charge in [-0.25, -0.2) is 9.66 Å². The maximum absolute atomic E-state index is 9.55. The number of aromatic hydroxyl groups is 3. The van der Waals surface area contributed by atoms with Crippen molar-refractivity contribution < 1.29 is 15.3 Å². The van der Waals surface area contributed by atoms with E-state index in [0.717, 1.165) is 6.07 Å². The predicted octanol–water partition coefficient (Wildman–Crippen LogP) is 0.773. The van der Waals surface area contributed by atoms with E-state index in [4.69, 9.17) is 10.8 Å². The van der Waals surface area contributed by atoms with Crippen LogP contribution in [0.4, 0.5) is 5.95 Å². The quantitative estimate of drug-likeness (QED) is 0.356. The Bertz CT molecular complexity index is 619. The van der Waals surface area contributed by atoms with Gasteiger partial charge in [0.1, 0.15) is 5.75 Å². The number of hydrogen-bond donors (Lipinski definition) is 4. The van der Waals surface area contributed by atoms with Crippen molar-refractivity contribution in [2.24, 2.45) is 5.10 Å². The van der Waals surface area contributed by atoms with Gasteiger partial charge in [-0.2, -0.15) is 5.10 Å². The minimum Gasteiger partial charge on any atom is -0.507 e. The lowest BCUT2D eigenvalue weighted by molar-refractivity contribution is 0.396. The van der Waals surface area contributed by atoms with Crippen LogP contribution in [0.2, 0.25) is 0 Å². The molecule has 0 saturated carbocycles. The number of phenols is 3. The first-order valence-corrected chi connectivity index (χ1v) is 5.08. The van der Waals surface area contributed by atoms with Crippen LogP contribution in [-0.4, -0.2) is 31.2 Å². The van der Waals surface area contributed by atoms with E-state index >= 15 is 0 Å². The molecule has 0 radical (unpaired) electrons. The van der Waals surface area contributed by atoms with Gasteiger partial charge in [-0.15, -0.1) is 0 Å². The molecule has 0 saturated heterocycles. The number of hydrogen-bond acceptors (Lipinski definition) is 6. The topological polar surface area (TPSA) is 117 Å². The summed E-state index contributed by atoms with van der Waals surface area (Å²) in [4.78, 5) is 3.95. The fourth-order valence-corrected chi connectivity index (χ4v) is 1.41. The monoisotopic (exact) mass is 248 g/mol. The third kappa shape index (κ3) is 2.19. The van der Waals surface area contributed by atoms with Gasteiger partial charge in [0.15, 0.2) is 11.5 Å². The zero-order valence-electron chi connectivity index (χ0n) is 9.57. The van der Waals surface area contributed by atoms with Gasteiger partial charge in [-0.1, -0.05) is 0 Å². The molecule has 94 valence electrons. The lowest BCUT2D eigenvalue weighted by Crippen LogP contribution is -1.97. The number of benzene rings is 1. The number of nitrogen functional groups attached to an aromatic ring is 1. The predicted molar refractivity (Wildman–Crippen MR) is 65.8 cm³/mol. The summed E-state index contributed by atoms with van der Waals surface area (Å²) in [6.07, 6.45) is 2.91. The number of aryl methyl sites for hydroxylation is 1. The third-order valence-corrected chi connectivity index (χ3v) is 2.28. The highest BCUT2D eigenvalue weighted by atomic mass is 16.3. The lowest BCUT2D eigenvalue weighted by Gasteiger charge is -2.02. The highest BCUT2D eigenvalue weighted by molar-refractivity contribution is 5.84. The molecule has 2 aromatic rings. The number of imidazole rings is 1. The molecule has 0 unspecified atom stereocenters. The molecule has 0 spiro atoms. The van der Waals surface area contributed by atoms with Crippen molar-refractivity contribution >= 4 is 12.2 Å². The van der Waals surface area contributed by atoms with Gasteiger partial charge in [0, 0.05) is 11.6 Å². The maximum Gasteiger partial charge on any atom is 0.221 e. The Balaban J connectivity index is 2.34. The molecule has 1 aromatic carbocycles. The van der Waals surface area contributed by atoms with Crippen LogP contribution in [-0.2, 0) is 0 Å². The Hall–Kier alpha value is -2.70. The lowest BCUT2D eigenvalue weighted by atomic mass is 10.2. The Labute approximate surface area is 102 Å². The summed E-state index contributed by atoms with van der Waals surface area (Å²) in [6.45, 7) is 1.77. The van der Waals surface area contributed by atoms with Crippen LogP contribution in [0, 0.1) is 6.92 Å². The maximum atomic E-state index is 9.55. The Morgan fingerprint density at radius 2 is 1.89 bits per heavy atom. The first-order chi connectivity index (χ1) is 8.47. The van der Waals surface area contributed by atoms with Crippen molar-refractivity contribution in [2.75, 3.05) is 5.73 Å². The molecule has 0 aliphatic carbocycles. The minimum atomic E-state index is -0.400. The summed E-state index contributed by atoms with van der Waals surface area (Å²) >= 11 is 0. The van der Waals surface area contributed by atoms with E-state index in [-0.39, 0.29) is 23.0 Å². The Morgan fingerprint density at radius 1 is 1.22 bits per heavy atom. The fourth-order valence-electron chi connectivity index (χ4n) is 1.41. The van der Waals surface area contributed by atoms with E-state index in [1.54, 1.807) is 13.1 Å². The first kappa shape index (κ1) is 11.8. The molecule has 0 fully saturated rings. The van der Waals surface area contributed by atoms with Gasteiger partial charge in [-0.05, 0) is 13.0 Å².